The summed E-state index contributed by atoms with van der Waals surface area (Å²) in [7, 11) is 1.93. The second-order valence-corrected chi connectivity index (χ2v) is 9.18. The first kappa shape index (κ1) is 27.0. The second-order valence-electron chi connectivity index (χ2n) is 9.18. The topological polar surface area (TPSA) is 82.3 Å². The molecule has 1 fully saturated rings. The predicted molar refractivity (Wildman–Crippen MR) is 146 cm³/mol. The first-order valence-corrected chi connectivity index (χ1v) is 12.4. The quantitative estimate of drug-likeness (QED) is 0.418. The van der Waals surface area contributed by atoms with Gasteiger partial charge in [0.15, 0.2) is 0 Å². The van der Waals surface area contributed by atoms with Crippen LogP contribution in [0.15, 0.2) is 47.7 Å². The van der Waals surface area contributed by atoms with Crippen molar-refractivity contribution in [2.45, 2.75) is 26.8 Å². The minimum absolute atomic E-state index is 0.0351. The van der Waals surface area contributed by atoms with Crippen molar-refractivity contribution in [2.24, 2.45) is 7.05 Å². The largest absolute Gasteiger partial charge is 0.384 e. The molecular formula is C29H37N5O2. The molecule has 0 aliphatic carbocycles. The average Bonchev–Trinajstić information content (AvgIpc) is 3.22. The molecule has 1 aliphatic heterocycles. The fourth-order valence-electron chi connectivity index (χ4n) is 4.09. The fraction of sp³-hybridized carbons (Fsp3) is 0.379. The highest BCUT2D eigenvalue weighted by atomic mass is 16.5. The molecule has 2 N–H and O–H groups in total. The van der Waals surface area contributed by atoms with Gasteiger partial charge in [0, 0.05) is 56.4 Å². The molecule has 36 heavy (non-hydrogen) atoms. The molecule has 1 aliphatic rings. The lowest BCUT2D eigenvalue weighted by Crippen LogP contribution is -2.40. The van der Waals surface area contributed by atoms with E-state index in [4.69, 9.17) is 4.74 Å². The van der Waals surface area contributed by atoms with Gasteiger partial charge < -0.3 is 19.9 Å². The number of morpholine rings is 1. The Balaban J connectivity index is 1.75. The summed E-state index contributed by atoms with van der Waals surface area (Å²) in [6, 6.07) is 12.1. The molecule has 190 valence electrons. The molecule has 0 radical (unpaired) electrons. The summed E-state index contributed by atoms with van der Waals surface area (Å²) in [6.07, 6.45) is 5.82. The lowest BCUT2D eigenvalue weighted by Gasteiger charge is -2.26. The lowest BCUT2D eigenvalue weighted by atomic mass is 10.1. The van der Waals surface area contributed by atoms with Crippen molar-refractivity contribution in [3.8, 4) is 17.3 Å². The molecule has 7 heteroatoms. The Hall–Kier alpha value is -3.60. The number of carbonyl (C=O) groups is 1. The van der Waals surface area contributed by atoms with Crippen LogP contribution in [-0.2, 0) is 16.6 Å². The van der Waals surface area contributed by atoms with Crippen LogP contribution in [0, 0.1) is 11.3 Å². The highest BCUT2D eigenvalue weighted by molar-refractivity contribution is 6.01. The molecule has 2 heterocycles. The van der Waals surface area contributed by atoms with Crippen molar-refractivity contribution < 1.29 is 9.53 Å². The van der Waals surface area contributed by atoms with E-state index in [1.807, 2.05) is 50.6 Å². The molecule has 1 aromatic heterocycles. The number of benzene rings is 1. The van der Waals surface area contributed by atoms with E-state index in [1.165, 1.54) is 0 Å². The summed E-state index contributed by atoms with van der Waals surface area (Å²) in [6.45, 7) is 15.5. The van der Waals surface area contributed by atoms with Crippen LogP contribution in [0.25, 0.3) is 30.0 Å². The molecule has 7 nitrogen and oxygen atoms in total. The Bertz CT molecular complexity index is 1270. The van der Waals surface area contributed by atoms with Gasteiger partial charge in [-0.25, -0.2) is 0 Å². The summed E-state index contributed by atoms with van der Waals surface area (Å²) in [5, 5.41) is 17.7. The third-order valence-electron chi connectivity index (χ3n) is 6.16. The Morgan fingerprint density at radius 2 is 2.00 bits per heavy atom. The number of hydrogen-bond donors (Lipinski definition) is 2. The van der Waals surface area contributed by atoms with Gasteiger partial charge in [-0.05, 0) is 67.1 Å². The van der Waals surface area contributed by atoms with Crippen LogP contribution < -0.4 is 21.1 Å². The standard InChI is InChI=1S/C29H37N5O2/c1-6-26(31-11-12-34-13-15-36-16-14-34)18-23-7-8-24(17-22(23)4)28-10-9-27(33(28)5)19-25(20-30)29(35)32-21(2)3/h6-10,17-19,21,31H,4,11-16H2,1-3,5H3,(H,32,35)/b23-18-,25-19+,26-6+. The van der Waals surface area contributed by atoms with E-state index >= 15 is 0 Å². The Labute approximate surface area is 214 Å². The van der Waals surface area contributed by atoms with E-state index in [9.17, 15) is 10.1 Å². The zero-order chi connectivity index (χ0) is 26.1. The highest BCUT2D eigenvalue weighted by Gasteiger charge is 2.13. The first-order chi connectivity index (χ1) is 17.3. The fourth-order valence-corrected chi connectivity index (χ4v) is 4.09. The van der Waals surface area contributed by atoms with Crippen molar-refractivity contribution in [3.05, 3.63) is 63.8 Å². The molecule has 1 saturated heterocycles. The van der Waals surface area contributed by atoms with Crippen molar-refractivity contribution in [3.63, 3.8) is 0 Å². The molecule has 0 unspecified atom stereocenters. The number of allylic oxidation sites excluding steroid dienone is 2. The van der Waals surface area contributed by atoms with Crippen molar-refractivity contribution >= 4 is 24.6 Å². The van der Waals surface area contributed by atoms with Crippen LogP contribution in [0.3, 0.4) is 0 Å². The van der Waals surface area contributed by atoms with E-state index in [-0.39, 0.29) is 17.5 Å². The van der Waals surface area contributed by atoms with E-state index in [2.05, 4.69) is 52.5 Å². The maximum absolute atomic E-state index is 12.3. The smallest absolute Gasteiger partial charge is 0.262 e. The number of carbonyl (C=O) groups excluding carboxylic acids is 1. The number of amides is 1. The second kappa shape index (κ2) is 12.9. The molecule has 0 spiro atoms. The Kier molecular flexibility index (Phi) is 9.69. The summed E-state index contributed by atoms with van der Waals surface area (Å²) in [5.41, 5.74) is 3.93. The number of hydrogen-bond acceptors (Lipinski definition) is 5. The molecule has 0 bridgehead atoms. The predicted octanol–water partition coefficient (Wildman–Crippen LogP) is 2.14. The zero-order valence-corrected chi connectivity index (χ0v) is 21.8. The van der Waals surface area contributed by atoms with Gasteiger partial charge in [-0.1, -0.05) is 24.8 Å². The lowest BCUT2D eigenvalue weighted by molar-refractivity contribution is -0.117. The van der Waals surface area contributed by atoms with Crippen LogP contribution in [0.2, 0.25) is 0 Å². The zero-order valence-electron chi connectivity index (χ0n) is 21.8. The van der Waals surface area contributed by atoms with Gasteiger partial charge in [-0.2, -0.15) is 5.26 Å². The summed E-state index contributed by atoms with van der Waals surface area (Å²) >= 11 is 0. The molecule has 0 saturated carbocycles. The molecule has 2 aromatic rings. The summed E-state index contributed by atoms with van der Waals surface area (Å²) in [4.78, 5) is 14.7. The van der Waals surface area contributed by atoms with Crippen LogP contribution in [0.4, 0.5) is 0 Å². The highest BCUT2D eigenvalue weighted by Crippen LogP contribution is 2.21. The van der Waals surface area contributed by atoms with Crippen LogP contribution in [-0.4, -0.2) is 60.8 Å². The van der Waals surface area contributed by atoms with Gasteiger partial charge in [0.05, 0.1) is 13.2 Å². The molecule has 3 rings (SSSR count). The third-order valence-corrected chi connectivity index (χ3v) is 6.16. The van der Waals surface area contributed by atoms with Crippen molar-refractivity contribution in [1.82, 2.24) is 20.1 Å². The van der Waals surface area contributed by atoms with Gasteiger partial charge in [0.1, 0.15) is 11.6 Å². The number of aromatic nitrogens is 1. The number of nitrogens with one attached hydrogen (secondary N) is 2. The van der Waals surface area contributed by atoms with Gasteiger partial charge in [-0.3, -0.25) is 9.69 Å². The van der Waals surface area contributed by atoms with Crippen LogP contribution >= 0.6 is 0 Å². The molecular weight excluding hydrogens is 450 g/mol. The minimum Gasteiger partial charge on any atom is -0.384 e. The van der Waals surface area contributed by atoms with E-state index in [0.717, 1.165) is 72.5 Å². The SMILES string of the molecule is C=c1cc(-c2ccc(/C=C(\C#N)C(=O)NC(C)C)n2C)cc/c1=C/C(=C\C)NCCN1CCOCC1. The number of nitriles is 1. The maximum atomic E-state index is 12.3. The normalized spacial score (nSPS) is 15.7. The Morgan fingerprint density at radius 3 is 2.64 bits per heavy atom. The molecule has 0 atom stereocenters. The summed E-state index contributed by atoms with van der Waals surface area (Å²) in [5.74, 6) is -0.367. The van der Waals surface area contributed by atoms with E-state index in [1.54, 1.807) is 6.08 Å². The Morgan fingerprint density at radius 1 is 1.25 bits per heavy atom. The minimum atomic E-state index is -0.367. The number of rotatable bonds is 9. The molecule has 1 amide bonds. The van der Waals surface area contributed by atoms with Crippen molar-refractivity contribution in [1.29, 1.82) is 5.26 Å². The van der Waals surface area contributed by atoms with Gasteiger partial charge in [0.25, 0.3) is 5.91 Å². The first-order valence-electron chi connectivity index (χ1n) is 12.4. The third kappa shape index (κ3) is 7.20. The van der Waals surface area contributed by atoms with Crippen LogP contribution in [0.1, 0.15) is 26.5 Å². The summed E-state index contributed by atoms with van der Waals surface area (Å²) < 4.78 is 7.39. The van der Waals surface area contributed by atoms with Gasteiger partial charge in [0.2, 0.25) is 0 Å². The van der Waals surface area contributed by atoms with Crippen molar-refractivity contribution in [2.75, 3.05) is 39.4 Å². The van der Waals surface area contributed by atoms with Crippen LogP contribution in [0.5, 0.6) is 0 Å². The maximum Gasteiger partial charge on any atom is 0.262 e. The van der Waals surface area contributed by atoms with E-state index in [0.29, 0.717) is 0 Å². The number of nitrogens with zero attached hydrogens (tertiary/aromatic N) is 3. The van der Waals surface area contributed by atoms with Gasteiger partial charge >= 0.3 is 0 Å². The molecule has 1 aromatic carbocycles. The number of ether oxygens (including phenoxy) is 1. The van der Waals surface area contributed by atoms with Gasteiger partial charge in [-0.15, -0.1) is 0 Å². The monoisotopic (exact) mass is 487 g/mol. The average molecular weight is 488 g/mol. The van der Waals surface area contributed by atoms with E-state index < -0.39 is 0 Å².